The van der Waals surface area contributed by atoms with Crippen LogP contribution >= 0.6 is 50.9 Å². The van der Waals surface area contributed by atoms with Gasteiger partial charge in [-0.05, 0) is 45.8 Å². The van der Waals surface area contributed by atoms with E-state index in [0.717, 1.165) is 15.7 Å². The summed E-state index contributed by atoms with van der Waals surface area (Å²) in [6.07, 6.45) is 0. The van der Waals surface area contributed by atoms with Gasteiger partial charge in [-0.25, -0.2) is 0 Å². The van der Waals surface area contributed by atoms with E-state index < -0.39 is 0 Å². The molecular weight excluding hydrogens is 393 g/mol. The van der Waals surface area contributed by atoms with Gasteiger partial charge in [0.25, 0.3) is 0 Å². The van der Waals surface area contributed by atoms with Crippen LogP contribution in [0.25, 0.3) is 0 Å². The molecule has 0 atom stereocenters. The second kappa shape index (κ2) is 8.08. The van der Waals surface area contributed by atoms with Crippen LogP contribution < -0.4 is 5.32 Å². The number of hydrogen-bond donors (Lipinski definition) is 1. The first-order valence-electron chi connectivity index (χ1n) is 6.12. The molecule has 0 radical (unpaired) electrons. The van der Waals surface area contributed by atoms with E-state index in [2.05, 4.69) is 21.2 Å². The molecular formula is C15H12BrCl2NOS. The van der Waals surface area contributed by atoms with Crippen molar-refractivity contribution in [1.82, 2.24) is 0 Å². The first kappa shape index (κ1) is 16.7. The molecule has 21 heavy (non-hydrogen) atoms. The third-order valence-corrected chi connectivity index (χ3v) is 5.07. The predicted octanol–water partition coefficient (Wildman–Crippen LogP) is 5.63. The first-order chi connectivity index (χ1) is 10.1. The summed E-state index contributed by atoms with van der Waals surface area (Å²) in [4.78, 5) is 11.9. The Morgan fingerprint density at radius 3 is 2.62 bits per heavy atom. The Balaban J connectivity index is 1.82. The molecule has 2 aromatic carbocycles. The first-order valence-corrected chi connectivity index (χ1v) is 8.82. The van der Waals surface area contributed by atoms with E-state index in [1.807, 2.05) is 36.4 Å². The van der Waals surface area contributed by atoms with Crippen molar-refractivity contribution in [2.45, 2.75) is 5.75 Å². The molecule has 2 aromatic rings. The maximum Gasteiger partial charge on any atom is 0.234 e. The van der Waals surface area contributed by atoms with E-state index in [9.17, 15) is 4.79 Å². The zero-order valence-electron chi connectivity index (χ0n) is 10.9. The standard InChI is InChI=1S/C15H12BrCl2NOS/c16-11-3-1-2-4-14(11)19-15(20)9-21-8-10-5-6-12(17)13(18)7-10/h1-7H,8-9H2,(H,19,20). The fourth-order valence-electron chi connectivity index (χ4n) is 1.64. The second-order valence-electron chi connectivity index (χ2n) is 4.27. The van der Waals surface area contributed by atoms with E-state index in [4.69, 9.17) is 23.2 Å². The minimum atomic E-state index is -0.0352. The highest BCUT2D eigenvalue weighted by molar-refractivity contribution is 9.10. The lowest BCUT2D eigenvalue weighted by atomic mass is 10.2. The fourth-order valence-corrected chi connectivity index (χ4v) is 3.12. The van der Waals surface area contributed by atoms with Gasteiger partial charge in [0, 0.05) is 10.2 Å². The van der Waals surface area contributed by atoms with E-state index in [1.165, 1.54) is 11.8 Å². The summed E-state index contributed by atoms with van der Waals surface area (Å²) in [5, 5.41) is 3.94. The molecule has 0 heterocycles. The Hall–Kier alpha value is -0.680. The molecule has 2 rings (SSSR count). The van der Waals surface area contributed by atoms with Crippen molar-refractivity contribution in [1.29, 1.82) is 0 Å². The van der Waals surface area contributed by atoms with E-state index >= 15 is 0 Å². The van der Waals surface area contributed by atoms with Crippen molar-refractivity contribution in [3.63, 3.8) is 0 Å². The van der Waals surface area contributed by atoms with Gasteiger partial charge in [-0.1, -0.05) is 41.4 Å². The Morgan fingerprint density at radius 1 is 1.14 bits per heavy atom. The maximum absolute atomic E-state index is 11.9. The number of nitrogens with one attached hydrogen (secondary N) is 1. The van der Waals surface area contributed by atoms with Crippen LogP contribution in [0.15, 0.2) is 46.9 Å². The Kier molecular flexibility index (Phi) is 6.42. The quantitative estimate of drug-likeness (QED) is 0.699. The van der Waals surface area contributed by atoms with E-state index in [1.54, 1.807) is 6.07 Å². The minimum absolute atomic E-state index is 0.0352. The fraction of sp³-hybridized carbons (Fsp3) is 0.133. The van der Waals surface area contributed by atoms with Crippen LogP contribution in [-0.4, -0.2) is 11.7 Å². The number of rotatable bonds is 5. The predicted molar refractivity (Wildman–Crippen MR) is 95.4 cm³/mol. The van der Waals surface area contributed by atoms with Crippen LogP contribution in [0.1, 0.15) is 5.56 Å². The molecule has 0 fully saturated rings. The van der Waals surface area contributed by atoms with Crippen molar-refractivity contribution >= 4 is 62.5 Å². The third kappa shape index (κ3) is 5.22. The zero-order valence-corrected chi connectivity index (χ0v) is 14.8. The molecule has 110 valence electrons. The highest BCUT2D eigenvalue weighted by atomic mass is 79.9. The molecule has 6 heteroatoms. The number of hydrogen-bond acceptors (Lipinski definition) is 2. The topological polar surface area (TPSA) is 29.1 Å². The van der Waals surface area contributed by atoms with Crippen molar-refractivity contribution in [3.8, 4) is 0 Å². The summed E-state index contributed by atoms with van der Waals surface area (Å²) < 4.78 is 0.868. The Bertz CT molecular complexity index is 651. The molecule has 0 aliphatic rings. The van der Waals surface area contributed by atoms with Gasteiger partial charge in [-0.2, -0.15) is 0 Å². The number of halogens is 3. The second-order valence-corrected chi connectivity index (χ2v) is 6.92. The highest BCUT2D eigenvalue weighted by Crippen LogP contribution is 2.25. The van der Waals surface area contributed by atoms with Crippen molar-refractivity contribution < 1.29 is 4.79 Å². The van der Waals surface area contributed by atoms with Crippen LogP contribution in [0, 0.1) is 0 Å². The Labute approximate surface area is 146 Å². The van der Waals surface area contributed by atoms with Crippen LogP contribution in [0.3, 0.4) is 0 Å². The van der Waals surface area contributed by atoms with Gasteiger partial charge < -0.3 is 5.32 Å². The van der Waals surface area contributed by atoms with E-state index in [-0.39, 0.29) is 5.91 Å². The van der Waals surface area contributed by atoms with Gasteiger partial charge in [0.05, 0.1) is 21.5 Å². The number of carbonyl (C=O) groups excluding carboxylic acids is 1. The molecule has 0 aliphatic carbocycles. The number of para-hydroxylation sites is 1. The molecule has 1 N–H and O–H groups in total. The van der Waals surface area contributed by atoms with Gasteiger partial charge in [0.15, 0.2) is 0 Å². The molecule has 0 saturated heterocycles. The van der Waals surface area contributed by atoms with Gasteiger partial charge >= 0.3 is 0 Å². The highest BCUT2D eigenvalue weighted by Gasteiger charge is 2.06. The Morgan fingerprint density at radius 2 is 1.90 bits per heavy atom. The number of benzene rings is 2. The molecule has 1 amide bonds. The van der Waals surface area contributed by atoms with Crippen LogP contribution in [0.2, 0.25) is 10.0 Å². The van der Waals surface area contributed by atoms with Gasteiger partial charge in [-0.3, -0.25) is 4.79 Å². The molecule has 0 aliphatic heterocycles. The molecule has 2 nitrogen and oxygen atoms in total. The van der Waals surface area contributed by atoms with Crippen molar-refractivity contribution in [2.24, 2.45) is 0 Å². The summed E-state index contributed by atoms with van der Waals surface area (Å²) >= 11 is 16.7. The van der Waals surface area contributed by atoms with Crippen molar-refractivity contribution in [2.75, 3.05) is 11.1 Å². The summed E-state index contributed by atoms with van der Waals surface area (Å²) in [5.41, 5.74) is 1.82. The monoisotopic (exact) mass is 403 g/mol. The molecule has 0 unspecified atom stereocenters. The third-order valence-electron chi connectivity index (χ3n) is 2.63. The van der Waals surface area contributed by atoms with Crippen LogP contribution in [-0.2, 0) is 10.5 Å². The zero-order chi connectivity index (χ0) is 15.2. The largest absolute Gasteiger partial charge is 0.324 e. The summed E-state index contributed by atoms with van der Waals surface area (Å²) in [5.74, 6) is 1.05. The summed E-state index contributed by atoms with van der Waals surface area (Å²) in [6.45, 7) is 0. The van der Waals surface area contributed by atoms with Gasteiger partial charge in [0.1, 0.15) is 0 Å². The lowest BCUT2D eigenvalue weighted by Crippen LogP contribution is -2.14. The van der Waals surface area contributed by atoms with Gasteiger partial charge in [0.2, 0.25) is 5.91 Å². The van der Waals surface area contributed by atoms with E-state index in [0.29, 0.717) is 21.6 Å². The summed E-state index contributed by atoms with van der Waals surface area (Å²) in [7, 11) is 0. The van der Waals surface area contributed by atoms with Crippen LogP contribution in [0.5, 0.6) is 0 Å². The number of carbonyl (C=O) groups is 1. The molecule has 0 aromatic heterocycles. The SMILES string of the molecule is O=C(CSCc1ccc(Cl)c(Cl)c1)Nc1ccccc1Br. The average Bonchev–Trinajstić information content (AvgIpc) is 2.45. The number of anilines is 1. The van der Waals surface area contributed by atoms with Crippen molar-refractivity contribution in [3.05, 3.63) is 62.5 Å². The van der Waals surface area contributed by atoms with Gasteiger partial charge in [-0.15, -0.1) is 11.8 Å². The average molecular weight is 405 g/mol. The molecule has 0 bridgehead atoms. The lowest BCUT2D eigenvalue weighted by Gasteiger charge is -2.07. The minimum Gasteiger partial charge on any atom is -0.324 e. The maximum atomic E-state index is 11.9. The number of amides is 1. The normalized spacial score (nSPS) is 10.4. The lowest BCUT2D eigenvalue weighted by molar-refractivity contribution is -0.113. The number of thioether (sulfide) groups is 1. The summed E-state index contributed by atoms with van der Waals surface area (Å²) in [6, 6.07) is 13.0. The smallest absolute Gasteiger partial charge is 0.234 e. The molecule has 0 spiro atoms. The van der Waals surface area contributed by atoms with Crippen LogP contribution in [0.4, 0.5) is 5.69 Å². The molecule has 0 saturated carbocycles.